The van der Waals surface area contributed by atoms with E-state index in [1.165, 1.54) is 5.56 Å². The molecule has 0 aliphatic rings. The van der Waals surface area contributed by atoms with Crippen LogP contribution in [0.15, 0.2) is 11.2 Å². The van der Waals surface area contributed by atoms with E-state index in [2.05, 4.69) is 40.4 Å². The number of amides is 1. The third-order valence-corrected chi connectivity index (χ3v) is 3.67. The number of hydrogen-bond donors (Lipinski definition) is 1. The Hall–Kier alpha value is -1.32. The second kappa shape index (κ2) is 11.3. The Bertz CT molecular complexity index is 567. The van der Waals surface area contributed by atoms with Crippen molar-refractivity contribution in [2.24, 2.45) is 12.0 Å². The summed E-state index contributed by atoms with van der Waals surface area (Å²) in [6.07, 6.45) is 2.48. The first-order valence-corrected chi connectivity index (χ1v) is 8.48. The molecule has 0 aromatic carbocycles. The zero-order valence-corrected chi connectivity index (χ0v) is 18.9. The molecule has 0 radical (unpaired) electrons. The number of aryl methyl sites for hydroxylation is 1. The number of carbonyl (C=O) groups is 1. The average Bonchev–Trinajstić information content (AvgIpc) is 2.86. The summed E-state index contributed by atoms with van der Waals surface area (Å²) in [5.74, 6) is 1.28. The highest BCUT2D eigenvalue weighted by Crippen LogP contribution is 2.18. The number of guanidine groups is 1. The van der Waals surface area contributed by atoms with E-state index in [9.17, 15) is 4.79 Å². The molecule has 7 nitrogen and oxygen atoms in total. The molecule has 0 unspecified atom stereocenters. The molecular weight excluding hydrogens is 431 g/mol. The average molecular weight is 464 g/mol. The van der Waals surface area contributed by atoms with Gasteiger partial charge < -0.3 is 15.1 Å². The van der Waals surface area contributed by atoms with Gasteiger partial charge in [0.05, 0.1) is 12.2 Å². The smallest absolute Gasteiger partial charge is 0.223 e. The molecular formula is C17H33IN6O. The zero-order valence-electron chi connectivity index (χ0n) is 16.5. The predicted molar refractivity (Wildman–Crippen MR) is 113 cm³/mol. The van der Waals surface area contributed by atoms with Gasteiger partial charge in [-0.1, -0.05) is 13.8 Å². The van der Waals surface area contributed by atoms with E-state index in [1.807, 2.05) is 25.7 Å². The number of aromatic nitrogens is 2. The lowest BCUT2D eigenvalue weighted by molar-refractivity contribution is -0.128. The first kappa shape index (κ1) is 23.7. The van der Waals surface area contributed by atoms with Gasteiger partial charge in [-0.25, -0.2) is 0 Å². The van der Waals surface area contributed by atoms with Crippen LogP contribution in [0.3, 0.4) is 0 Å². The predicted octanol–water partition coefficient (Wildman–Crippen LogP) is 2.04. The standard InChI is InChI=1S/C17H32N6O.HI/c1-8-18-17(19-10-9-15(24)21(4)5)22(6)11-14-12-23(7)20-16(14)13(2)3;/h12-13H,8-11H2,1-7H3,(H,18,19);1H. The highest BCUT2D eigenvalue weighted by Gasteiger charge is 2.15. The summed E-state index contributed by atoms with van der Waals surface area (Å²) in [5.41, 5.74) is 2.31. The first-order valence-electron chi connectivity index (χ1n) is 8.48. The van der Waals surface area contributed by atoms with E-state index < -0.39 is 0 Å². The number of rotatable bonds is 7. The van der Waals surface area contributed by atoms with Crippen LogP contribution in [-0.2, 0) is 18.4 Å². The molecule has 25 heavy (non-hydrogen) atoms. The molecule has 0 aliphatic heterocycles. The summed E-state index contributed by atoms with van der Waals surface area (Å²) >= 11 is 0. The fourth-order valence-corrected chi connectivity index (χ4v) is 2.44. The number of halogens is 1. The van der Waals surface area contributed by atoms with Crippen LogP contribution in [0.2, 0.25) is 0 Å². The Morgan fingerprint density at radius 1 is 1.36 bits per heavy atom. The van der Waals surface area contributed by atoms with Crippen molar-refractivity contribution in [3.8, 4) is 0 Å². The van der Waals surface area contributed by atoms with Crippen LogP contribution in [-0.4, -0.2) is 65.7 Å². The highest BCUT2D eigenvalue weighted by molar-refractivity contribution is 14.0. The molecule has 0 saturated carbocycles. The maximum absolute atomic E-state index is 11.7. The summed E-state index contributed by atoms with van der Waals surface area (Å²) in [6.45, 7) is 8.34. The number of nitrogens with zero attached hydrogens (tertiary/aromatic N) is 5. The number of hydrogen-bond acceptors (Lipinski definition) is 3. The van der Waals surface area contributed by atoms with E-state index in [1.54, 1.807) is 19.0 Å². The molecule has 1 aromatic rings. The monoisotopic (exact) mass is 464 g/mol. The molecule has 0 bridgehead atoms. The number of aliphatic imine (C=N–C) groups is 1. The van der Waals surface area contributed by atoms with E-state index in [0.29, 0.717) is 18.9 Å². The van der Waals surface area contributed by atoms with Crippen molar-refractivity contribution in [2.45, 2.75) is 39.7 Å². The van der Waals surface area contributed by atoms with Gasteiger partial charge in [0.25, 0.3) is 0 Å². The summed E-state index contributed by atoms with van der Waals surface area (Å²) < 4.78 is 1.86. The van der Waals surface area contributed by atoms with Gasteiger partial charge in [-0.3, -0.25) is 14.5 Å². The normalized spacial score (nSPS) is 11.3. The molecule has 0 aliphatic carbocycles. The topological polar surface area (TPSA) is 65.8 Å². The lowest BCUT2D eigenvalue weighted by atomic mass is 10.1. The fourth-order valence-electron chi connectivity index (χ4n) is 2.44. The van der Waals surface area contributed by atoms with Crippen molar-refractivity contribution < 1.29 is 4.79 Å². The summed E-state index contributed by atoms with van der Waals surface area (Å²) in [6, 6.07) is 0. The van der Waals surface area contributed by atoms with E-state index in [0.717, 1.165) is 24.7 Å². The first-order chi connectivity index (χ1) is 11.3. The molecule has 0 fully saturated rings. The molecule has 144 valence electrons. The molecule has 0 saturated heterocycles. The van der Waals surface area contributed by atoms with E-state index in [-0.39, 0.29) is 29.9 Å². The Morgan fingerprint density at radius 2 is 2.00 bits per heavy atom. The van der Waals surface area contributed by atoms with Gasteiger partial charge in [-0.2, -0.15) is 5.10 Å². The van der Waals surface area contributed by atoms with Crippen LogP contribution in [0.1, 0.15) is 44.4 Å². The second-order valence-corrected chi connectivity index (χ2v) is 6.50. The Labute approximate surface area is 168 Å². The third kappa shape index (κ3) is 7.62. The minimum absolute atomic E-state index is 0. The number of carbonyl (C=O) groups excluding carboxylic acids is 1. The van der Waals surface area contributed by atoms with Crippen molar-refractivity contribution in [1.29, 1.82) is 0 Å². The molecule has 0 atom stereocenters. The van der Waals surface area contributed by atoms with Crippen LogP contribution in [0.5, 0.6) is 0 Å². The third-order valence-electron chi connectivity index (χ3n) is 3.67. The number of nitrogens with one attached hydrogen (secondary N) is 1. The minimum atomic E-state index is 0. The van der Waals surface area contributed by atoms with E-state index >= 15 is 0 Å². The van der Waals surface area contributed by atoms with Gasteiger partial charge >= 0.3 is 0 Å². The minimum Gasteiger partial charge on any atom is -0.357 e. The fraction of sp³-hybridized carbons (Fsp3) is 0.706. The summed E-state index contributed by atoms with van der Waals surface area (Å²) in [7, 11) is 7.48. The van der Waals surface area contributed by atoms with Gasteiger partial charge in [0, 0.05) is 59.5 Å². The Kier molecular flexibility index (Phi) is 10.7. The maximum Gasteiger partial charge on any atom is 0.223 e. The van der Waals surface area contributed by atoms with Gasteiger partial charge in [0.2, 0.25) is 5.91 Å². The largest absolute Gasteiger partial charge is 0.357 e. The molecule has 1 heterocycles. The molecule has 0 spiro atoms. The van der Waals surface area contributed by atoms with Crippen molar-refractivity contribution >= 4 is 35.8 Å². The van der Waals surface area contributed by atoms with Crippen LogP contribution in [0, 0.1) is 0 Å². The quantitative estimate of drug-likeness (QED) is 0.381. The van der Waals surface area contributed by atoms with Crippen LogP contribution < -0.4 is 5.32 Å². The van der Waals surface area contributed by atoms with Crippen molar-refractivity contribution in [2.75, 3.05) is 34.2 Å². The summed E-state index contributed by atoms with van der Waals surface area (Å²) in [5, 5.41) is 7.84. The van der Waals surface area contributed by atoms with E-state index in [4.69, 9.17) is 0 Å². The van der Waals surface area contributed by atoms with Crippen molar-refractivity contribution in [3.63, 3.8) is 0 Å². The van der Waals surface area contributed by atoms with Gasteiger partial charge in [0.1, 0.15) is 0 Å². The maximum atomic E-state index is 11.7. The Morgan fingerprint density at radius 3 is 2.52 bits per heavy atom. The molecule has 1 amide bonds. The van der Waals surface area contributed by atoms with Crippen LogP contribution in [0.4, 0.5) is 0 Å². The molecule has 8 heteroatoms. The summed E-state index contributed by atoms with van der Waals surface area (Å²) in [4.78, 5) is 19.9. The molecule has 1 rings (SSSR count). The molecule has 1 aromatic heterocycles. The lowest BCUT2D eigenvalue weighted by Crippen LogP contribution is -2.38. The second-order valence-electron chi connectivity index (χ2n) is 6.50. The van der Waals surface area contributed by atoms with Crippen molar-refractivity contribution in [3.05, 3.63) is 17.5 Å². The Balaban J connectivity index is 0.00000576. The SMILES string of the molecule is CCNC(=NCCC(=O)N(C)C)N(C)Cc1cn(C)nc1C(C)C.I. The van der Waals surface area contributed by atoms with Crippen LogP contribution in [0.25, 0.3) is 0 Å². The van der Waals surface area contributed by atoms with Gasteiger partial charge in [-0.15, -0.1) is 24.0 Å². The molecule has 1 N–H and O–H groups in total. The zero-order chi connectivity index (χ0) is 18.3. The van der Waals surface area contributed by atoms with Crippen LogP contribution >= 0.6 is 24.0 Å². The van der Waals surface area contributed by atoms with Gasteiger partial charge in [0.15, 0.2) is 5.96 Å². The highest BCUT2D eigenvalue weighted by atomic mass is 127. The van der Waals surface area contributed by atoms with Gasteiger partial charge in [-0.05, 0) is 12.8 Å². The lowest BCUT2D eigenvalue weighted by Gasteiger charge is -2.22. The van der Waals surface area contributed by atoms with Crippen molar-refractivity contribution in [1.82, 2.24) is 24.9 Å².